The third-order valence-electron chi connectivity index (χ3n) is 5.46. The number of thiazole rings is 1. The van der Waals surface area contributed by atoms with Gasteiger partial charge in [-0.25, -0.2) is 4.98 Å². The molecule has 0 spiro atoms. The van der Waals surface area contributed by atoms with Gasteiger partial charge in [-0.15, -0.1) is 11.3 Å². The summed E-state index contributed by atoms with van der Waals surface area (Å²) in [5.74, 6) is 1.23. The van der Waals surface area contributed by atoms with Crippen molar-refractivity contribution >= 4 is 28.1 Å². The lowest BCUT2D eigenvalue weighted by Gasteiger charge is -2.36. The molecule has 0 radical (unpaired) electrons. The van der Waals surface area contributed by atoms with Gasteiger partial charge < -0.3 is 15.0 Å². The number of rotatable bonds is 6. The molecule has 0 aliphatic carbocycles. The second kappa shape index (κ2) is 8.32. The zero-order chi connectivity index (χ0) is 19.5. The number of benzene rings is 1. The molecule has 1 saturated heterocycles. The molecule has 2 aromatic heterocycles. The molecule has 4 rings (SSSR count). The molecule has 1 aromatic carbocycles. The summed E-state index contributed by atoms with van der Waals surface area (Å²) in [4.78, 5) is 22.1. The Morgan fingerprint density at radius 2 is 2.39 bits per heavy atom. The number of fused-ring (bicyclic) bond motifs is 1. The molecule has 2 atom stereocenters. The van der Waals surface area contributed by atoms with Gasteiger partial charge in [0, 0.05) is 54.8 Å². The number of carbonyl (C=O) groups excluding carboxylic acids is 1. The second-order valence-corrected chi connectivity index (χ2v) is 8.34. The number of nitrogens with one attached hydrogen (secondary N) is 2. The lowest BCUT2D eigenvalue weighted by atomic mass is 9.90. The summed E-state index contributed by atoms with van der Waals surface area (Å²) in [5.41, 5.74) is 2.39. The number of hydrogen-bond donors (Lipinski definition) is 2. The van der Waals surface area contributed by atoms with Gasteiger partial charge in [0.2, 0.25) is 5.91 Å². The first-order valence-corrected chi connectivity index (χ1v) is 10.5. The van der Waals surface area contributed by atoms with Crippen molar-refractivity contribution in [2.75, 3.05) is 20.2 Å². The molecule has 0 saturated carbocycles. The Morgan fingerprint density at radius 3 is 3.14 bits per heavy atom. The first-order valence-electron chi connectivity index (χ1n) is 9.67. The quantitative estimate of drug-likeness (QED) is 0.664. The van der Waals surface area contributed by atoms with E-state index in [4.69, 9.17) is 4.74 Å². The van der Waals surface area contributed by atoms with Crippen molar-refractivity contribution in [2.24, 2.45) is 5.92 Å². The van der Waals surface area contributed by atoms with E-state index < -0.39 is 0 Å². The maximum absolute atomic E-state index is 11.8. The lowest BCUT2D eigenvalue weighted by Crippen LogP contribution is -2.42. The van der Waals surface area contributed by atoms with Crippen molar-refractivity contribution in [3.05, 3.63) is 46.5 Å². The number of aromatic amines is 1. The van der Waals surface area contributed by atoms with Gasteiger partial charge in [-0.2, -0.15) is 0 Å². The molecule has 1 amide bonds. The number of likely N-dealkylation sites (tertiary alicyclic amines) is 1. The van der Waals surface area contributed by atoms with Crippen LogP contribution in [0.5, 0.6) is 5.75 Å². The van der Waals surface area contributed by atoms with Gasteiger partial charge >= 0.3 is 0 Å². The van der Waals surface area contributed by atoms with E-state index in [-0.39, 0.29) is 11.9 Å². The van der Waals surface area contributed by atoms with E-state index >= 15 is 0 Å². The Morgan fingerprint density at radius 1 is 1.50 bits per heavy atom. The molecule has 6 nitrogen and oxygen atoms in total. The molecule has 7 heteroatoms. The van der Waals surface area contributed by atoms with Crippen molar-refractivity contribution < 1.29 is 9.53 Å². The molecule has 28 heavy (non-hydrogen) atoms. The van der Waals surface area contributed by atoms with Gasteiger partial charge in [0.25, 0.3) is 0 Å². The molecule has 1 aliphatic rings. The summed E-state index contributed by atoms with van der Waals surface area (Å²) in [6.07, 6.45) is 6.14. The number of aromatic nitrogens is 2. The van der Waals surface area contributed by atoms with Crippen LogP contribution in [0.2, 0.25) is 0 Å². The van der Waals surface area contributed by atoms with Gasteiger partial charge in [0.15, 0.2) is 0 Å². The minimum Gasteiger partial charge on any atom is -0.497 e. The summed E-state index contributed by atoms with van der Waals surface area (Å²) >= 11 is 1.62. The molecule has 3 aromatic rings. The Bertz CT molecular complexity index is 937. The molecule has 0 bridgehead atoms. The Kier molecular flexibility index (Phi) is 5.64. The first kappa shape index (κ1) is 19.0. The summed E-state index contributed by atoms with van der Waals surface area (Å²) in [5, 5.41) is 7.35. The Labute approximate surface area is 168 Å². The lowest BCUT2D eigenvalue weighted by molar-refractivity contribution is -0.120. The molecular weight excluding hydrogens is 372 g/mol. The fourth-order valence-electron chi connectivity index (χ4n) is 4.16. The standard InChI is InChI=1S/C21H26N4O2S/c1-14(26)24-20(21-22-7-9-28-21)15-4-3-8-25(12-15)13-16-11-23-19-10-17(27-2)5-6-18(16)19/h5-7,9-11,15,20,23H,3-4,8,12-13H2,1-2H3,(H,24,26)/t15-,20-/m0/s1. The van der Waals surface area contributed by atoms with Crippen LogP contribution in [0.3, 0.4) is 0 Å². The van der Waals surface area contributed by atoms with Crippen LogP contribution in [0.4, 0.5) is 0 Å². The highest BCUT2D eigenvalue weighted by Crippen LogP contribution is 2.32. The third kappa shape index (κ3) is 4.05. The predicted octanol–water partition coefficient (Wildman–Crippen LogP) is 3.72. The summed E-state index contributed by atoms with van der Waals surface area (Å²) in [6, 6.07) is 6.16. The summed E-state index contributed by atoms with van der Waals surface area (Å²) in [7, 11) is 1.69. The highest BCUT2D eigenvalue weighted by molar-refractivity contribution is 7.09. The predicted molar refractivity (Wildman–Crippen MR) is 112 cm³/mol. The van der Waals surface area contributed by atoms with E-state index in [1.165, 1.54) is 10.9 Å². The van der Waals surface area contributed by atoms with E-state index in [0.717, 1.165) is 48.7 Å². The largest absolute Gasteiger partial charge is 0.497 e. The van der Waals surface area contributed by atoms with Gasteiger partial charge in [-0.3, -0.25) is 9.69 Å². The van der Waals surface area contributed by atoms with E-state index in [1.54, 1.807) is 25.4 Å². The number of amides is 1. The van der Waals surface area contributed by atoms with Crippen molar-refractivity contribution in [1.29, 1.82) is 0 Å². The van der Waals surface area contributed by atoms with E-state index in [9.17, 15) is 4.79 Å². The van der Waals surface area contributed by atoms with Crippen LogP contribution in [0.1, 0.15) is 36.4 Å². The minimum atomic E-state index is -0.00692. The van der Waals surface area contributed by atoms with Crippen LogP contribution in [-0.2, 0) is 11.3 Å². The van der Waals surface area contributed by atoms with E-state index in [1.807, 2.05) is 23.7 Å². The average molecular weight is 399 g/mol. The zero-order valence-electron chi connectivity index (χ0n) is 16.3. The Hall–Kier alpha value is -2.38. The van der Waals surface area contributed by atoms with Crippen LogP contribution in [0.15, 0.2) is 36.0 Å². The molecule has 0 unspecified atom stereocenters. The van der Waals surface area contributed by atoms with Crippen LogP contribution in [0.25, 0.3) is 10.9 Å². The zero-order valence-corrected chi connectivity index (χ0v) is 17.1. The molecule has 148 valence electrons. The second-order valence-electron chi connectivity index (χ2n) is 7.41. The van der Waals surface area contributed by atoms with Crippen molar-refractivity contribution in [1.82, 2.24) is 20.2 Å². The number of nitrogens with zero attached hydrogens (tertiary/aromatic N) is 2. The fourth-order valence-corrected chi connectivity index (χ4v) is 4.94. The van der Waals surface area contributed by atoms with Crippen molar-refractivity contribution in [3.8, 4) is 5.75 Å². The Balaban J connectivity index is 1.50. The number of methoxy groups -OCH3 is 1. The molecular formula is C21H26N4O2S. The SMILES string of the molecule is COc1ccc2c(CN3CCC[C@H]([C@H](NC(C)=O)c4nccs4)C3)c[nH]c2c1. The normalized spacial score (nSPS) is 18.9. The fraction of sp³-hybridized carbons (Fsp3) is 0.429. The monoisotopic (exact) mass is 398 g/mol. The van der Waals surface area contributed by atoms with Gasteiger partial charge in [-0.05, 0) is 43.0 Å². The number of piperidine rings is 1. The van der Waals surface area contributed by atoms with Crippen LogP contribution in [0, 0.1) is 5.92 Å². The van der Waals surface area contributed by atoms with Crippen molar-refractivity contribution in [2.45, 2.75) is 32.4 Å². The maximum Gasteiger partial charge on any atom is 0.217 e. The number of carbonyl (C=O) groups is 1. The minimum absolute atomic E-state index is 0.00268. The highest BCUT2D eigenvalue weighted by atomic mass is 32.1. The maximum atomic E-state index is 11.8. The summed E-state index contributed by atoms with van der Waals surface area (Å²) in [6.45, 7) is 4.51. The molecule has 1 fully saturated rings. The van der Waals surface area contributed by atoms with Gasteiger partial charge in [0.05, 0.1) is 13.2 Å². The van der Waals surface area contributed by atoms with Crippen molar-refractivity contribution in [3.63, 3.8) is 0 Å². The number of ether oxygens (including phenoxy) is 1. The third-order valence-corrected chi connectivity index (χ3v) is 6.32. The smallest absolute Gasteiger partial charge is 0.217 e. The molecule has 3 heterocycles. The van der Waals surface area contributed by atoms with Gasteiger partial charge in [0.1, 0.15) is 10.8 Å². The van der Waals surface area contributed by atoms with E-state index in [0.29, 0.717) is 5.92 Å². The topological polar surface area (TPSA) is 70.2 Å². The highest BCUT2D eigenvalue weighted by Gasteiger charge is 2.30. The van der Waals surface area contributed by atoms with E-state index in [2.05, 4.69) is 32.4 Å². The average Bonchev–Trinajstić information content (AvgIpc) is 3.36. The van der Waals surface area contributed by atoms with Crippen LogP contribution < -0.4 is 10.1 Å². The number of H-pyrrole nitrogens is 1. The van der Waals surface area contributed by atoms with Crippen LogP contribution >= 0.6 is 11.3 Å². The molecule has 2 N–H and O–H groups in total. The number of hydrogen-bond acceptors (Lipinski definition) is 5. The first-order chi connectivity index (χ1) is 13.6. The van der Waals surface area contributed by atoms with Gasteiger partial charge in [-0.1, -0.05) is 0 Å². The van der Waals surface area contributed by atoms with Crippen LogP contribution in [-0.4, -0.2) is 41.0 Å². The summed E-state index contributed by atoms with van der Waals surface area (Å²) < 4.78 is 5.32. The molecule has 1 aliphatic heterocycles.